The fourth-order valence-electron chi connectivity index (χ4n) is 2.74. The molecule has 1 unspecified atom stereocenters. The van der Waals surface area contributed by atoms with Gasteiger partial charge >= 0.3 is 29.3 Å². The van der Waals surface area contributed by atoms with Gasteiger partial charge in [-0.2, -0.15) is 8.42 Å². The molecule has 0 saturated carbocycles. The second-order valence-corrected chi connectivity index (χ2v) is 8.73. The van der Waals surface area contributed by atoms with Crippen molar-refractivity contribution in [3.8, 4) is 0 Å². The van der Waals surface area contributed by atoms with Gasteiger partial charge in [0.1, 0.15) is 0 Å². The summed E-state index contributed by atoms with van der Waals surface area (Å²) in [5.74, 6) is -1.93. The first-order chi connectivity index (χ1) is 13.3. The minimum atomic E-state index is -4.73. The van der Waals surface area contributed by atoms with Gasteiger partial charge in [-0.05, 0) is 12.8 Å². The Balaban J connectivity index is 0. The van der Waals surface area contributed by atoms with E-state index in [1.165, 1.54) is 6.42 Å². The van der Waals surface area contributed by atoms with E-state index in [-0.39, 0.29) is 30.6 Å². The van der Waals surface area contributed by atoms with Gasteiger partial charge in [-0.15, -0.1) is 0 Å². The summed E-state index contributed by atoms with van der Waals surface area (Å²) in [6.45, 7) is 4.50. The molecule has 1 N–H and O–H groups in total. The van der Waals surface area contributed by atoms with Crippen LogP contribution in [0.15, 0.2) is 0 Å². The number of unbranched alkanes of at least 4 members (excludes halogenated alkanes) is 10. The Hall–Kier alpha value is -0.618. The maximum Gasteiger partial charge on any atom is 3.00 e. The van der Waals surface area contributed by atoms with Crippen LogP contribution in [0.25, 0.3) is 0 Å². The number of hydrogen-bond donors (Lipinski definition) is 1. The molecule has 0 amide bonds. The molecule has 0 saturated heterocycles. The summed E-state index contributed by atoms with van der Waals surface area (Å²) in [5.41, 5.74) is 0. The predicted octanol–water partition coefficient (Wildman–Crippen LogP) is 4.06. The fraction of sp³-hybridized carbons (Fsp3) is 0.900. The summed E-state index contributed by atoms with van der Waals surface area (Å²) in [7, 11) is -4.73. The quantitative estimate of drug-likeness (QED) is 0.145. The molecule has 0 bridgehead atoms. The second-order valence-electron chi connectivity index (χ2n) is 7.13. The predicted molar refractivity (Wildman–Crippen MR) is 114 cm³/mol. The van der Waals surface area contributed by atoms with Crippen LogP contribution >= 0.6 is 0 Å². The third-order valence-corrected chi connectivity index (χ3v) is 5.56. The van der Waals surface area contributed by atoms with E-state index >= 15 is 0 Å². The van der Waals surface area contributed by atoms with Crippen LogP contribution in [0.3, 0.4) is 0 Å². The summed E-state index contributed by atoms with van der Waals surface area (Å²) in [6.07, 6.45) is 11.3. The van der Waals surface area contributed by atoms with Crippen molar-refractivity contribution >= 4 is 39.4 Å². The van der Waals surface area contributed by atoms with Gasteiger partial charge in [-0.1, -0.05) is 78.1 Å². The van der Waals surface area contributed by atoms with E-state index < -0.39 is 33.7 Å². The molecular formula is C20H38AlO7S+3. The number of rotatable bonds is 18. The second kappa shape index (κ2) is 19.4. The van der Waals surface area contributed by atoms with Crippen LogP contribution in [0.2, 0.25) is 0 Å². The van der Waals surface area contributed by atoms with E-state index in [0.717, 1.165) is 57.8 Å². The zero-order valence-electron chi connectivity index (χ0n) is 18.1. The molecule has 0 rings (SSSR count). The normalized spacial score (nSPS) is 12.1. The third kappa shape index (κ3) is 17.9. The van der Waals surface area contributed by atoms with Gasteiger partial charge in [0, 0.05) is 0 Å². The minimum Gasteiger partial charge on any atom is -0.466 e. The van der Waals surface area contributed by atoms with Gasteiger partial charge in [0.25, 0.3) is 10.1 Å². The molecule has 9 heteroatoms. The Labute approximate surface area is 187 Å². The number of hydrogen-bond acceptors (Lipinski definition) is 6. The zero-order chi connectivity index (χ0) is 21.3. The molecule has 1 atom stereocenters. The summed E-state index contributed by atoms with van der Waals surface area (Å²) in [4.78, 5) is 23.8. The standard InChI is InChI=1S/C20H38O7S.Al/c1-3-5-7-9-11-13-15-26-19(21)17-18(28(23,24)25)20(22)27-16-14-12-10-8-6-4-2;/h18H,3-17H2,1-2H3,(H,23,24,25);/q;+3. The first-order valence-electron chi connectivity index (χ1n) is 10.6. The van der Waals surface area contributed by atoms with Crippen LogP contribution in [0, 0.1) is 0 Å². The molecule has 0 spiro atoms. The molecule has 0 heterocycles. The van der Waals surface area contributed by atoms with Crippen LogP contribution in [0.4, 0.5) is 0 Å². The largest absolute Gasteiger partial charge is 3.00 e. The average molecular weight is 450 g/mol. The molecule has 0 aromatic heterocycles. The van der Waals surface area contributed by atoms with Crippen LogP contribution in [-0.4, -0.2) is 60.7 Å². The Morgan fingerprint density at radius 1 is 0.759 bits per heavy atom. The third-order valence-electron chi connectivity index (χ3n) is 4.48. The van der Waals surface area contributed by atoms with E-state index in [1.54, 1.807) is 0 Å². The smallest absolute Gasteiger partial charge is 0.466 e. The van der Waals surface area contributed by atoms with Crippen LogP contribution in [-0.2, 0) is 29.2 Å². The van der Waals surface area contributed by atoms with Crippen LogP contribution < -0.4 is 0 Å². The van der Waals surface area contributed by atoms with Crippen molar-refractivity contribution in [2.75, 3.05) is 13.2 Å². The maximum atomic E-state index is 12.0. The van der Waals surface area contributed by atoms with Crippen LogP contribution in [0.1, 0.15) is 97.3 Å². The molecule has 0 aliphatic heterocycles. The topological polar surface area (TPSA) is 107 Å². The number of esters is 2. The van der Waals surface area contributed by atoms with E-state index in [1.807, 2.05) is 0 Å². The molecule has 29 heavy (non-hydrogen) atoms. The molecular weight excluding hydrogens is 411 g/mol. The summed E-state index contributed by atoms with van der Waals surface area (Å²) in [6, 6.07) is 0. The van der Waals surface area contributed by atoms with Gasteiger partial charge < -0.3 is 9.47 Å². The van der Waals surface area contributed by atoms with E-state index in [0.29, 0.717) is 12.8 Å². The van der Waals surface area contributed by atoms with Gasteiger partial charge in [-0.25, -0.2) is 0 Å². The number of carbonyl (C=O) groups excluding carboxylic acids is 2. The molecule has 0 aliphatic rings. The van der Waals surface area contributed by atoms with Gasteiger partial charge in [0.2, 0.25) is 0 Å². The SMILES string of the molecule is CCCCCCCCOC(=O)CC(C(=O)OCCCCCCCC)S(=O)(=O)O.[Al+3]. The Kier molecular flexibility index (Phi) is 20.4. The van der Waals surface area contributed by atoms with Gasteiger partial charge in [0.15, 0.2) is 5.25 Å². The number of carbonyl (C=O) groups is 2. The van der Waals surface area contributed by atoms with Crippen molar-refractivity contribution in [1.29, 1.82) is 0 Å². The van der Waals surface area contributed by atoms with Crippen molar-refractivity contribution in [1.82, 2.24) is 0 Å². The van der Waals surface area contributed by atoms with Crippen molar-refractivity contribution in [3.05, 3.63) is 0 Å². The molecule has 0 aliphatic carbocycles. The molecule has 0 fully saturated rings. The van der Waals surface area contributed by atoms with E-state index in [2.05, 4.69) is 13.8 Å². The average Bonchev–Trinajstić information content (AvgIpc) is 2.63. The van der Waals surface area contributed by atoms with Gasteiger partial charge in [-0.3, -0.25) is 14.1 Å². The Morgan fingerprint density at radius 2 is 1.17 bits per heavy atom. The monoisotopic (exact) mass is 449 g/mol. The summed E-state index contributed by atoms with van der Waals surface area (Å²) < 4.78 is 42.0. The zero-order valence-corrected chi connectivity index (χ0v) is 20.0. The first kappa shape index (κ1) is 30.6. The summed E-state index contributed by atoms with van der Waals surface area (Å²) in [5, 5.41) is -1.93. The van der Waals surface area contributed by atoms with Crippen molar-refractivity contribution in [2.24, 2.45) is 0 Å². The van der Waals surface area contributed by atoms with Gasteiger partial charge in [0.05, 0.1) is 19.6 Å². The molecule has 7 nitrogen and oxygen atoms in total. The molecule has 166 valence electrons. The molecule has 0 radical (unpaired) electrons. The van der Waals surface area contributed by atoms with Crippen molar-refractivity contribution in [3.63, 3.8) is 0 Å². The molecule has 0 aromatic carbocycles. The van der Waals surface area contributed by atoms with E-state index in [4.69, 9.17) is 9.47 Å². The fourth-order valence-corrected chi connectivity index (χ4v) is 3.39. The first-order valence-corrected chi connectivity index (χ1v) is 12.1. The van der Waals surface area contributed by atoms with Crippen molar-refractivity contribution in [2.45, 2.75) is 103 Å². The molecule has 0 aromatic rings. The van der Waals surface area contributed by atoms with Crippen molar-refractivity contribution < 1.29 is 32.0 Å². The Bertz CT molecular complexity index is 523. The Morgan fingerprint density at radius 3 is 1.62 bits per heavy atom. The minimum absolute atomic E-state index is 0. The maximum absolute atomic E-state index is 12.0. The summed E-state index contributed by atoms with van der Waals surface area (Å²) >= 11 is 0. The van der Waals surface area contributed by atoms with E-state index in [9.17, 15) is 22.6 Å². The number of ether oxygens (including phenoxy) is 2. The van der Waals surface area contributed by atoms with Crippen LogP contribution in [0.5, 0.6) is 0 Å².